The largest absolute Gasteiger partial charge is 0.380 e. The summed E-state index contributed by atoms with van der Waals surface area (Å²) in [7, 11) is 1.85. The molecule has 1 atom stereocenters. The molecule has 4 nitrogen and oxygen atoms in total. The Morgan fingerprint density at radius 1 is 1.00 bits per heavy atom. The second-order valence-electron chi connectivity index (χ2n) is 9.55. The zero-order chi connectivity index (χ0) is 20.3. The molecule has 0 aromatic heterocycles. The fourth-order valence-corrected chi connectivity index (χ4v) is 5.91. The van der Waals surface area contributed by atoms with E-state index in [1.54, 1.807) is 5.56 Å². The van der Waals surface area contributed by atoms with Crippen molar-refractivity contribution in [3.8, 4) is 0 Å². The summed E-state index contributed by atoms with van der Waals surface area (Å²) in [4.78, 5) is 5.16. The van der Waals surface area contributed by atoms with Crippen LogP contribution in [0.4, 0.5) is 11.4 Å². The van der Waals surface area contributed by atoms with Crippen LogP contribution >= 0.6 is 0 Å². The quantitative estimate of drug-likeness (QED) is 0.745. The molecule has 1 aromatic rings. The predicted molar refractivity (Wildman–Crippen MR) is 123 cm³/mol. The Bertz CT molecular complexity index is 656. The summed E-state index contributed by atoms with van der Waals surface area (Å²) in [5, 5.41) is 3.51. The molecule has 2 aliphatic heterocycles. The monoisotopic (exact) mass is 399 g/mol. The average Bonchev–Trinajstić information content (AvgIpc) is 3.29. The van der Waals surface area contributed by atoms with Crippen LogP contribution in [-0.4, -0.2) is 52.5 Å². The van der Waals surface area contributed by atoms with Crippen molar-refractivity contribution in [3.05, 3.63) is 23.8 Å². The number of hydrogen-bond donors (Lipinski definition) is 1. The van der Waals surface area contributed by atoms with Gasteiger partial charge in [0.2, 0.25) is 0 Å². The fourth-order valence-electron chi connectivity index (χ4n) is 5.91. The molecule has 1 saturated carbocycles. The van der Waals surface area contributed by atoms with Gasteiger partial charge in [-0.15, -0.1) is 0 Å². The van der Waals surface area contributed by atoms with Crippen molar-refractivity contribution in [2.45, 2.75) is 70.8 Å². The average molecular weight is 400 g/mol. The fraction of sp³-hybridized carbons (Fsp3) is 0.760. The minimum absolute atomic E-state index is 0.385. The minimum Gasteiger partial charge on any atom is -0.380 e. The first-order chi connectivity index (χ1) is 14.2. The molecule has 0 spiro atoms. The number of benzene rings is 1. The molecular formula is C25H41N3O. The summed E-state index contributed by atoms with van der Waals surface area (Å²) in [5.74, 6) is 0.715. The Hall–Kier alpha value is -1.26. The lowest BCUT2D eigenvalue weighted by molar-refractivity contribution is 0.121. The molecule has 29 heavy (non-hydrogen) atoms. The minimum atomic E-state index is 0.385. The standard InChI is InChI=1S/C25H41N3O/c1-4-25(5-2)11-8-20(9-12-25)23-18-21(28-15-10-22(19-28)29-3)6-7-24(23)27-16-13-26-14-17-27/h6-7,18,20,22,26H,4-5,8-17,19H2,1-3H3/t22-/m1/s1. The number of hydrogen-bond acceptors (Lipinski definition) is 4. The third-order valence-corrected chi connectivity index (χ3v) is 8.30. The van der Waals surface area contributed by atoms with Crippen molar-refractivity contribution < 1.29 is 4.74 Å². The molecule has 2 saturated heterocycles. The smallest absolute Gasteiger partial charge is 0.0762 e. The number of piperazine rings is 1. The Balaban J connectivity index is 1.59. The van der Waals surface area contributed by atoms with E-state index >= 15 is 0 Å². The number of nitrogens with one attached hydrogen (secondary N) is 1. The van der Waals surface area contributed by atoms with E-state index in [-0.39, 0.29) is 0 Å². The Morgan fingerprint density at radius 2 is 1.72 bits per heavy atom. The highest BCUT2D eigenvalue weighted by Crippen LogP contribution is 2.49. The van der Waals surface area contributed by atoms with Crippen LogP contribution in [0.2, 0.25) is 0 Å². The second kappa shape index (κ2) is 9.26. The van der Waals surface area contributed by atoms with E-state index < -0.39 is 0 Å². The van der Waals surface area contributed by atoms with Gasteiger partial charge in [-0.3, -0.25) is 0 Å². The van der Waals surface area contributed by atoms with Gasteiger partial charge in [-0.1, -0.05) is 26.7 Å². The number of anilines is 2. The number of ether oxygens (including phenoxy) is 1. The maximum atomic E-state index is 5.62. The van der Waals surface area contributed by atoms with Crippen molar-refractivity contribution in [1.82, 2.24) is 5.32 Å². The van der Waals surface area contributed by atoms with Gasteiger partial charge in [-0.2, -0.15) is 0 Å². The maximum Gasteiger partial charge on any atom is 0.0762 e. The number of rotatable bonds is 6. The molecule has 0 unspecified atom stereocenters. The summed E-state index contributed by atoms with van der Waals surface area (Å²) < 4.78 is 5.62. The van der Waals surface area contributed by atoms with E-state index in [4.69, 9.17) is 4.74 Å². The normalized spacial score (nSPS) is 25.6. The summed E-state index contributed by atoms with van der Waals surface area (Å²) in [6, 6.07) is 7.34. The molecule has 4 rings (SSSR count). The van der Waals surface area contributed by atoms with Gasteiger partial charge in [0, 0.05) is 57.8 Å². The van der Waals surface area contributed by atoms with E-state index in [0.29, 0.717) is 17.4 Å². The van der Waals surface area contributed by atoms with Gasteiger partial charge < -0.3 is 19.9 Å². The molecule has 1 aliphatic carbocycles. The van der Waals surface area contributed by atoms with Crippen LogP contribution < -0.4 is 15.1 Å². The third kappa shape index (κ3) is 4.44. The van der Waals surface area contributed by atoms with E-state index in [0.717, 1.165) is 45.7 Å². The van der Waals surface area contributed by atoms with Gasteiger partial charge >= 0.3 is 0 Å². The Kier molecular flexibility index (Phi) is 6.70. The Morgan fingerprint density at radius 3 is 2.34 bits per heavy atom. The Labute approximate surface area is 178 Å². The van der Waals surface area contributed by atoms with Crippen molar-refractivity contribution in [2.75, 3.05) is 56.2 Å². The van der Waals surface area contributed by atoms with Crippen molar-refractivity contribution in [2.24, 2.45) is 5.41 Å². The van der Waals surface area contributed by atoms with E-state index in [9.17, 15) is 0 Å². The number of nitrogens with zero attached hydrogens (tertiary/aromatic N) is 2. The van der Waals surface area contributed by atoms with Gasteiger partial charge in [0.1, 0.15) is 0 Å². The molecule has 0 amide bonds. The van der Waals surface area contributed by atoms with Crippen LogP contribution in [0.1, 0.15) is 70.3 Å². The van der Waals surface area contributed by atoms with Gasteiger partial charge in [-0.25, -0.2) is 0 Å². The molecule has 0 bridgehead atoms. The van der Waals surface area contributed by atoms with Crippen LogP contribution in [-0.2, 0) is 4.74 Å². The molecule has 3 fully saturated rings. The van der Waals surface area contributed by atoms with Gasteiger partial charge in [0.15, 0.2) is 0 Å². The molecule has 1 N–H and O–H groups in total. The van der Waals surface area contributed by atoms with E-state index in [1.807, 2.05) is 7.11 Å². The van der Waals surface area contributed by atoms with Crippen LogP contribution in [0.3, 0.4) is 0 Å². The topological polar surface area (TPSA) is 27.7 Å². The third-order valence-electron chi connectivity index (χ3n) is 8.30. The lowest BCUT2D eigenvalue weighted by Crippen LogP contribution is -2.44. The highest BCUT2D eigenvalue weighted by molar-refractivity contribution is 5.64. The lowest BCUT2D eigenvalue weighted by atomic mass is 9.66. The highest BCUT2D eigenvalue weighted by atomic mass is 16.5. The van der Waals surface area contributed by atoms with Crippen molar-refractivity contribution >= 4 is 11.4 Å². The van der Waals surface area contributed by atoms with Crippen molar-refractivity contribution in [1.29, 1.82) is 0 Å². The molecular weight excluding hydrogens is 358 g/mol. The number of methoxy groups -OCH3 is 1. The van der Waals surface area contributed by atoms with Crippen LogP contribution in [0, 0.1) is 5.41 Å². The first-order valence-corrected chi connectivity index (χ1v) is 12.1. The zero-order valence-electron chi connectivity index (χ0n) is 18.9. The lowest BCUT2D eigenvalue weighted by Gasteiger charge is -2.41. The van der Waals surface area contributed by atoms with Crippen LogP contribution in [0.15, 0.2) is 18.2 Å². The molecule has 0 radical (unpaired) electrons. The first-order valence-electron chi connectivity index (χ1n) is 12.1. The van der Waals surface area contributed by atoms with E-state index in [2.05, 4.69) is 47.2 Å². The summed E-state index contributed by atoms with van der Waals surface area (Å²) >= 11 is 0. The van der Waals surface area contributed by atoms with Crippen LogP contribution in [0.25, 0.3) is 0 Å². The first kappa shape index (κ1) is 21.0. The zero-order valence-corrected chi connectivity index (χ0v) is 18.9. The summed E-state index contributed by atoms with van der Waals surface area (Å²) in [6.45, 7) is 11.4. The van der Waals surface area contributed by atoms with Crippen molar-refractivity contribution in [3.63, 3.8) is 0 Å². The second-order valence-corrected chi connectivity index (χ2v) is 9.55. The highest BCUT2D eigenvalue weighted by Gasteiger charge is 2.34. The predicted octanol–water partition coefficient (Wildman–Crippen LogP) is 4.79. The summed E-state index contributed by atoms with van der Waals surface area (Å²) in [6.07, 6.45) is 9.70. The molecule has 162 valence electrons. The summed E-state index contributed by atoms with van der Waals surface area (Å²) in [5.41, 5.74) is 5.12. The van der Waals surface area contributed by atoms with Gasteiger partial charge in [0.05, 0.1) is 6.10 Å². The van der Waals surface area contributed by atoms with Crippen LogP contribution in [0.5, 0.6) is 0 Å². The maximum absolute atomic E-state index is 5.62. The molecule has 4 heteroatoms. The molecule has 2 heterocycles. The van der Waals surface area contributed by atoms with E-state index in [1.165, 1.54) is 49.9 Å². The van der Waals surface area contributed by atoms with Gasteiger partial charge in [-0.05, 0) is 67.2 Å². The molecule has 3 aliphatic rings. The SMILES string of the molecule is CCC1(CC)CCC(c2cc(N3CC[C@@H](OC)C3)ccc2N2CCNCC2)CC1. The molecule has 1 aromatic carbocycles. The van der Waals surface area contributed by atoms with Gasteiger partial charge in [0.25, 0.3) is 0 Å².